The molecular formula is C12H17NO3. The van der Waals surface area contributed by atoms with Gasteiger partial charge in [0.05, 0.1) is 0 Å². The predicted octanol–water partition coefficient (Wildman–Crippen LogP) is 1.13. The SMILES string of the molecule is CCc1ccccc1OCC(=O)OCCN. The van der Waals surface area contributed by atoms with Crippen LogP contribution in [0.5, 0.6) is 5.75 Å². The second-order valence-electron chi connectivity index (χ2n) is 3.26. The predicted molar refractivity (Wildman–Crippen MR) is 61.3 cm³/mol. The minimum absolute atomic E-state index is 0.0724. The molecule has 0 unspecified atom stereocenters. The van der Waals surface area contributed by atoms with E-state index >= 15 is 0 Å². The fourth-order valence-corrected chi connectivity index (χ4v) is 1.29. The molecule has 0 saturated heterocycles. The third-order valence-corrected chi connectivity index (χ3v) is 2.08. The monoisotopic (exact) mass is 223 g/mol. The second kappa shape index (κ2) is 6.85. The minimum Gasteiger partial charge on any atom is -0.482 e. The molecule has 16 heavy (non-hydrogen) atoms. The van der Waals surface area contributed by atoms with Crippen molar-refractivity contribution in [2.75, 3.05) is 19.8 Å². The highest BCUT2D eigenvalue weighted by atomic mass is 16.6. The molecule has 0 aliphatic heterocycles. The minimum atomic E-state index is -0.392. The van der Waals surface area contributed by atoms with E-state index < -0.39 is 5.97 Å². The number of aryl methyl sites for hydroxylation is 1. The average molecular weight is 223 g/mol. The van der Waals surface area contributed by atoms with Crippen molar-refractivity contribution in [2.45, 2.75) is 13.3 Å². The van der Waals surface area contributed by atoms with Gasteiger partial charge in [-0.1, -0.05) is 25.1 Å². The smallest absolute Gasteiger partial charge is 0.344 e. The lowest BCUT2D eigenvalue weighted by Crippen LogP contribution is -2.19. The van der Waals surface area contributed by atoms with Crippen LogP contribution in [0.25, 0.3) is 0 Å². The zero-order valence-electron chi connectivity index (χ0n) is 9.44. The van der Waals surface area contributed by atoms with Crippen LogP contribution in [0, 0.1) is 0 Å². The number of hydrogen-bond donors (Lipinski definition) is 1. The highest BCUT2D eigenvalue weighted by Crippen LogP contribution is 2.17. The molecule has 1 aromatic carbocycles. The molecule has 0 radical (unpaired) electrons. The van der Waals surface area contributed by atoms with Gasteiger partial charge in [-0.05, 0) is 18.1 Å². The quantitative estimate of drug-likeness (QED) is 0.734. The zero-order valence-corrected chi connectivity index (χ0v) is 9.44. The summed E-state index contributed by atoms with van der Waals surface area (Å²) in [5, 5.41) is 0. The third kappa shape index (κ3) is 3.90. The van der Waals surface area contributed by atoms with Crippen LogP contribution >= 0.6 is 0 Å². The molecule has 0 saturated carbocycles. The van der Waals surface area contributed by atoms with E-state index in [1.54, 1.807) is 0 Å². The number of hydrogen-bond acceptors (Lipinski definition) is 4. The van der Waals surface area contributed by atoms with Crippen molar-refractivity contribution in [1.29, 1.82) is 0 Å². The number of nitrogens with two attached hydrogens (primary N) is 1. The van der Waals surface area contributed by atoms with E-state index in [0.29, 0.717) is 6.54 Å². The van der Waals surface area contributed by atoms with Crippen molar-refractivity contribution >= 4 is 5.97 Å². The van der Waals surface area contributed by atoms with Crippen LogP contribution in [0.4, 0.5) is 0 Å². The standard InChI is InChI=1S/C12H17NO3/c1-2-10-5-3-4-6-11(10)16-9-12(14)15-8-7-13/h3-6H,2,7-9,13H2,1H3. The van der Waals surface area contributed by atoms with Crippen molar-refractivity contribution in [3.05, 3.63) is 29.8 Å². The summed E-state index contributed by atoms with van der Waals surface area (Å²) in [6, 6.07) is 7.63. The summed E-state index contributed by atoms with van der Waals surface area (Å²) in [5.41, 5.74) is 6.29. The summed E-state index contributed by atoms with van der Waals surface area (Å²) in [5.74, 6) is 0.339. The third-order valence-electron chi connectivity index (χ3n) is 2.08. The van der Waals surface area contributed by atoms with Gasteiger partial charge in [0.15, 0.2) is 6.61 Å². The Morgan fingerprint density at radius 1 is 1.38 bits per heavy atom. The molecule has 0 amide bonds. The number of benzene rings is 1. The Balaban J connectivity index is 2.44. The van der Waals surface area contributed by atoms with Gasteiger partial charge in [0, 0.05) is 6.54 Å². The lowest BCUT2D eigenvalue weighted by atomic mass is 10.1. The number of ether oxygens (including phenoxy) is 2. The molecule has 4 nitrogen and oxygen atoms in total. The molecular weight excluding hydrogens is 206 g/mol. The highest BCUT2D eigenvalue weighted by Gasteiger charge is 2.05. The van der Waals surface area contributed by atoms with Crippen molar-refractivity contribution in [1.82, 2.24) is 0 Å². The van der Waals surface area contributed by atoms with Gasteiger partial charge in [-0.15, -0.1) is 0 Å². The van der Waals surface area contributed by atoms with E-state index in [-0.39, 0.29) is 13.2 Å². The average Bonchev–Trinajstić information content (AvgIpc) is 2.34. The normalized spacial score (nSPS) is 9.88. The van der Waals surface area contributed by atoms with E-state index in [0.717, 1.165) is 17.7 Å². The fraction of sp³-hybridized carbons (Fsp3) is 0.417. The first kappa shape index (κ1) is 12.5. The van der Waals surface area contributed by atoms with Crippen molar-refractivity contribution < 1.29 is 14.3 Å². The van der Waals surface area contributed by atoms with Gasteiger partial charge in [0.25, 0.3) is 0 Å². The van der Waals surface area contributed by atoms with E-state index in [2.05, 4.69) is 0 Å². The zero-order chi connectivity index (χ0) is 11.8. The van der Waals surface area contributed by atoms with Gasteiger partial charge in [-0.2, -0.15) is 0 Å². The Kier molecular flexibility index (Phi) is 5.36. The molecule has 0 aliphatic rings. The Morgan fingerprint density at radius 2 is 2.12 bits per heavy atom. The molecule has 0 aromatic heterocycles. The lowest BCUT2D eigenvalue weighted by molar-refractivity contribution is -0.145. The molecule has 0 bridgehead atoms. The van der Waals surface area contributed by atoms with Crippen LogP contribution in [-0.2, 0) is 16.0 Å². The van der Waals surface area contributed by atoms with Crippen molar-refractivity contribution in [2.24, 2.45) is 5.73 Å². The van der Waals surface area contributed by atoms with Crippen LogP contribution < -0.4 is 10.5 Å². The van der Waals surface area contributed by atoms with Gasteiger partial charge >= 0.3 is 5.97 Å². The maximum atomic E-state index is 11.2. The molecule has 0 atom stereocenters. The molecule has 2 N–H and O–H groups in total. The number of carbonyl (C=O) groups is 1. The summed E-state index contributed by atoms with van der Waals surface area (Å²) < 4.78 is 10.2. The van der Waals surface area contributed by atoms with Crippen molar-refractivity contribution in [3.63, 3.8) is 0 Å². The van der Waals surface area contributed by atoms with Crippen LogP contribution in [0.2, 0.25) is 0 Å². The summed E-state index contributed by atoms with van der Waals surface area (Å²) in [7, 11) is 0. The van der Waals surface area contributed by atoms with Gasteiger partial charge in [0.2, 0.25) is 0 Å². The van der Waals surface area contributed by atoms with E-state index in [1.165, 1.54) is 0 Å². The van der Waals surface area contributed by atoms with E-state index in [9.17, 15) is 4.79 Å². The number of carbonyl (C=O) groups excluding carboxylic acids is 1. The number of esters is 1. The summed E-state index contributed by atoms with van der Waals surface area (Å²) in [6.45, 7) is 2.53. The first-order valence-electron chi connectivity index (χ1n) is 5.34. The number of para-hydroxylation sites is 1. The van der Waals surface area contributed by atoms with Crippen LogP contribution in [0.3, 0.4) is 0 Å². The Hall–Kier alpha value is -1.55. The Labute approximate surface area is 95.3 Å². The topological polar surface area (TPSA) is 61.5 Å². The molecule has 0 aliphatic carbocycles. The Bertz CT molecular complexity index is 339. The summed E-state index contributed by atoms with van der Waals surface area (Å²) in [6.07, 6.45) is 0.869. The summed E-state index contributed by atoms with van der Waals surface area (Å²) in [4.78, 5) is 11.2. The fourth-order valence-electron chi connectivity index (χ4n) is 1.29. The molecule has 0 fully saturated rings. The van der Waals surface area contributed by atoms with Crippen LogP contribution in [0.1, 0.15) is 12.5 Å². The molecule has 4 heteroatoms. The first-order valence-corrected chi connectivity index (χ1v) is 5.34. The molecule has 0 spiro atoms. The van der Waals surface area contributed by atoms with Gasteiger partial charge in [-0.25, -0.2) is 4.79 Å². The van der Waals surface area contributed by atoms with Gasteiger partial charge in [-0.3, -0.25) is 0 Å². The first-order chi connectivity index (χ1) is 7.77. The Morgan fingerprint density at radius 3 is 2.81 bits per heavy atom. The van der Waals surface area contributed by atoms with E-state index in [1.807, 2.05) is 31.2 Å². The van der Waals surface area contributed by atoms with Crippen LogP contribution in [-0.4, -0.2) is 25.7 Å². The van der Waals surface area contributed by atoms with Crippen LogP contribution in [0.15, 0.2) is 24.3 Å². The largest absolute Gasteiger partial charge is 0.482 e. The second-order valence-corrected chi connectivity index (χ2v) is 3.26. The maximum Gasteiger partial charge on any atom is 0.344 e. The molecule has 1 rings (SSSR count). The number of rotatable bonds is 6. The lowest BCUT2D eigenvalue weighted by Gasteiger charge is -2.09. The summed E-state index contributed by atoms with van der Waals surface area (Å²) >= 11 is 0. The van der Waals surface area contributed by atoms with E-state index in [4.69, 9.17) is 15.2 Å². The molecule has 88 valence electrons. The molecule has 0 heterocycles. The maximum absolute atomic E-state index is 11.2. The molecule has 1 aromatic rings. The van der Waals surface area contributed by atoms with Gasteiger partial charge in [0.1, 0.15) is 12.4 Å². The highest BCUT2D eigenvalue weighted by molar-refractivity contribution is 5.71. The van der Waals surface area contributed by atoms with Gasteiger partial charge < -0.3 is 15.2 Å². The van der Waals surface area contributed by atoms with Crippen molar-refractivity contribution in [3.8, 4) is 5.75 Å².